The second-order valence-electron chi connectivity index (χ2n) is 17.0. The number of amides is 2. The zero-order chi connectivity index (χ0) is 44.9. The topological polar surface area (TPSA) is 188 Å². The van der Waals surface area contributed by atoms with Gasteiger partial charge in [0.25, 0.3) is 11.8 Å². The maximum Gasteiger partial charge on any atom is 0.508 e. The molecule has 0 radical (unpaired) electrons. The highest BCUT2D eigenvalue weighted by atomic mass is 35.5. The van der Waals surface area contributed by atoms with Crippen LogP contribution in [0, 0.1) is 24.2 Å². The minimum atomic E-state index is -1.47. The number of hydrogen-bond acceptors (Lipinski definition) is 14. The van der Waals surface area contributed by atoms with E-state index in [-0.39, 0.29) is 55.2 Å². The van der Waals surface area contributed by atoms with Crippen LogP contribution in [0.3, 0.4) is 0 Å². The molecule has 3 aliphatic rings. The third-order valence-electron chi connectivity index (χ3n) is 12.0. The standard InChI is InChI=1S/C46H53ClN2O12S/c1-7-10-30-42(60-44(56)57-25-28-13-15-33(31(47)21-28)58-40(53)12-9-20-49-38(51)17-18-39(49)52)26(2)11-8-19-46(6)37(61-46)23-34(29-14-16-35-32(22-29)48-27(3)62-35)59-41(54)24-36(50)45(4,5)43(30)55/h7,13-18,21-22,26,30,34,36-37,42,50H,1,8-12,19-20,23-25H2,2-6H3. The number of ether oxygens (including phenoxy) is 5. The first kappa shape index (κ1) is 46.5. The Labute approximate surface area is 369 Å². The van der Waals surface area contributed by atoms with Crippen LogP contribution >= 0.6 is 22.9 Å². The molecule has 6 rings (SSSR count). The van der Waals surface area contributed by atoms with Crippen LogP contribution in [0.25, 0.3) is 10.2 Å². The summed E-state index contributed by atoms with van der Waals surface area (Å²) < 4.78 is 30.2. The molecule has 2 amide bonds. The molecule has 2 saturated heterocycles. The van der Waals surface area contributed by atoms with E-state index in [1.807, 2.05) is 39.0 Å². The van der Waals surface area contributed by atoms with E-state index in [1.165, 1.54) is 24.3 Å². The molecule has 62 heavy (non-hydrogen) atoms. The number of aliphatic hydroxyl groups excluding tert-OH is 1. The number of epoxide rings is 1. The van der Waals surface area contributed by atoms with Gasteiger partial charge in [-0.25, -0.2) is 9.78 Å². The number of aromatic nitrogens is 1. The van der Waals surface area contributed by atoms with Crippen LogP contribution in [0.4, 0.5) is 4.79 Å². The van der Waals surface area contributed by atoms with E-state index in [2.05, 4.69) is 11.6 Å². The molecule has 3 aromatic rings. The predicted molar refractivity (Wildman–Crippen MR) is 229 cm³/mol. The number of allylic oxidation sites excluding steroid dienone is 1. The Morgan fingerprint density at radius 2 is 1.84 bits per heavy atom. The van der Waals surface area contributed by atoms with Crippen molar-refractivity contribution >= 4 is 68.8 Å². The van der Waals surface area contributed by atoms with Crippen LogP contribution in [-0.4, -0.2) is 81.1 Å². The molecule has 7 unspecified atom stereocenters. The van der Waals surface area contributed by atoms with Crippen molar-refractivity contribution < 1.29 is 57.6 Å². The van der Waals surface area contributed by atoms with Gasteiger partial charge in [0.05, 0.1) is 55.8 Å². The molecule has 16 heteroatoms. The molecular weight excluding hydrogens is 840 g/mol. The lowest BCUT2D eigenvalue weighted by Gasteiger charge is -2.37. The Hall–Kier alpha value is -4.96. The van der Waals surface area contributed by atoms with E-state index in [9.17, 15) is 33.9 Å². The van der Waals surface area contributed by atoms with Gasteiger partial charge in [0.2, 0.25) is 0 Å². The number of esters is 2. The van der Waals surface area contributed by atoms with Gasteiger partial charge >= 0.3 is 18.1 Å². The molecule has 7 atom stereocenters. The summed E-state index contributed by atoms with van der Waals surface area (Å²) in [5, 5.41) is 12.5. The van der Waals surface area contributed by atoms with Gasteiger partial charge in [-0.15, -0.1) is 17.9 Å². The second kappa shape index (κ2) is 19.6. The summed E-state index contributed by atoms with van der Waals surface area (Å²) in [6.07, 6.45) is 1.68. The number of Topliss-reactive ketones (excluding diaryl/α,β-unsaturated/α-hetero) is 1. The fourth-order valence-electron chi connectivity index (χ4n) is 8.09. The van der Waals surface area contributed by atoms with Gasteiger partial charge in [-0.05, 0) is 80.8 Å². The smallest absolute Gasteiger partial charge is 0.457 e. The lowest BCUT2D eigenvalue weighted by Crippen LogP contribution is -2.47. The number of thiazole rings is 1. The zero-order valence-electron chi connectivity index (χ0n) is 35.6. The number of aryl methyl sites for hydroxylation is 1. The summed E-state index contributed by atoms with van der Waals surface area (Å²) in [7, 11) is 0. The molecule has 0 aliphatic carbocycles. The number of rotatable bonds is 11. The summed E-state index contributed by atoms with van der Waals surface area (Å²) in [6, 6.07) is 10.3. The Balaban J connectivity index is 1.11. The van der Waals surface area contributed by atoms with Crippen molar-refractivity contribution in [2.45, 2.75) is 123 Å². The van der Waals surface area contributed by atoms with Gasteiger partial charge in [-0.1, -0.05) is 57.0 Å². The highest BCUT2D eigenvalue weighted by Crippen LogP contribution is 2.47. The maximum atomic E-state index is 14.5. The monoisotopic (exact) mass is 892 g/mol. The van der Waals surface area contributed by atoms with E-state index < -0.39 is 77.4 Å². The minimum Gasteiger partial charge on any atom is -0.457 e. The van der Waals surface area contributed by atoms with Crippen LogP contribution < -0.4 is 4.74 Å². The molecule has 332 valence electrons. The minimum absolute atomic E-state index is 0.0679. The van der Waals surface area contributed by atoms with Crippen LogP contribution in [-0.2, 0) is 49.5 Å². The fourth-order valence-corrected chi connectivity index (χ4v) is 9.14. The number of hydrogen-bond donors (Lipinski definition) is 1. The number of halogens is 1. The van der Waals surface area contributed by atoms with Crippen LogP contribution in [0.15, 0.2) is 61.2 Å². The van der Waals surface area contributed by atoms with Crippen LogP contribution in [0.1, 0.15) is 101 Å². The molecule has 3 aliphatic heterocycles. The number of carbonyl (C=O) groups is 6. The molecule has 0 saturated carbocycles. The molecular formula is C46H53ClN2O12S. The summed E-state index contributed by atoms with van der Waals surface area (Å²) in [4.78, 5) is 83.0. The molecule has 2 fully saturated rings. The number of nitrogens with zero attached hydrogens (tertiary/aromatic N) is 2. The maximum absolute atomic E-state index is 14.5. The summed E-state index contributed by atoms with van der Waals surface area (Å²) >= 11 is 7.98. The molecule has 2 aromatic carbocycles. The van der Waals surface area contributed by atoms with Gasteiger partial charge < -0.3 is 28.8 Å². The molecule has 1 aromatic heterocycles. The van der Waals surface area contributed by atoms with Gasteiger partial charge in [-0.3, -0.25) is 28.9 Å². The predicted octanol–water partition coefficient (Wildman–Crippen LogP) is 8.08. The van der Waals surface area contributed by atoms with E-state index in [1.54, 1.807) is 37.3 Å². The number of aliphatic hydroxyl groups is 1. The van der Waals surface area contributed by atoms with Gasteiger partial charge in [0, 0.05) is 31.5 Å². The quantitative estimate of drug-likeness (QED) is 0.0640. The van der Waals surface area contributed by atoms with E-state index in [0.29, 0.717) is 31.2 Å². The highest BCUT2D eigenvalue weighted by molar-refractivity contribution is 7.18. The first-order valence-corrected chi connectivity index (χ1v) is 22.0. The SMILES string of the molecule is C=CCC1C(=O)C(C)(C)C(O)CC(=O)OC(c2ccc3sc(C)nc3c2)CC2OC2(C)CCCC(C)C1OC(=O)OCc1ccc(OC(=O)CCCN2C(=O)C=CC2=O)c(Cl)c1. The van der Waals surface area contributed by atoms with Crippen molar-refractivity contribution in [3.8, 4) is 5.75 Å². The van der Waals surface area contributed by atoms with Crippen molar-refractivity contribution in [2.75, 3.05) is 6.54 Å². The third-order valence-corrected chi connectivity index (χ3v) is 13.2. The number of benzene rings is 2. The van der Waals surface area contributed by atoms with Crippen molar-refractivity contribution in [3.63, 3.8) is 0 Å². The van der Waals surface area contributed by atoms with E-state index in [0.717, 1.165) is 25.7 Å². The number of carbonyl (C=O) groups excluding carboxylic acids is 6. The van der Waals surface area contributed by atoms with Crippen molar-refractivity contribution in [1.82, 2.24) is 9.88 Å². The van der Waals surface area contributed by atoms with Crippen molar-refractivity contribution in [3.05, 3.63) is 82.4 Å². The molecule has 0 spiro atoms. The van der Waals surface area contributed by atoms with Gasteiger partial charge in [0.1, 0.15) is 30.3 Å². The fraction of sp³-hybridized carbons (Fsp3) is 0.500. The second-order valence-corrected chi connectivity index (χ2v) is 18.7. The Morgan fingerprint density at radius 1 is 1.10 bits per heavy atom. The van der Waals surface area contributed by atoms with Gasteiger partial charge in [0.15, 0.2) is 0 Å². The lowest BCUT2D eigenvalue weighted by molar-refractivity contribution is -0.157. The van der Waals surface area contributed by atoms with Gasteiger partial charge in [-0.2, -0.15) is 0 Å². The molecule has 0 bridgehead atoms. The summed E-state index contributed by atoms with van der Waals surface area (Å²) in [6.45, 7) is 12.6. The van der Waals surface area contributed by atoms with Crippen LogP contribution in [0.5, 0.6) is 5.75 Å². The molecule has 1 N–H and O–H groups in total. The van der Waals surface area contributed by atoms with Crippen molar-refractivity contribution in [1.29, 1.82) is 0 Å². The number of cyclic esters (lactones) is 1. The van der Waals surface area contributed by atoms with E-state index in [4.69, 9.17) is 35.3 Å². The van der Waals surface area contributed by atoms with Crippen molar-refractivity contribution in [2.24, 2.45) is 17.3 Å². The zero-order valence-corrected chi connectivity index (χ0v) is 37.1. The Morgan fingerprint density at radius 3 is 2.55 bits per heavy atom. The molecule has 4 heterocycles. The summed E-state index contributed by atoms with van der Waals surface area (Å²) in [5.74, 6) is -3.79. The lowest BCUT2D eigenvalue weighted by atomic mass is 9.71. The Kier molecular flexibility index (Phi) is 14.7. The first-order valence-electron chi connectivity index (χ1n) is 20.8. The average molecular weight is 893 g/mol. The highest BCUT2D eigenvalue weighted by Gasteiger charge is 2.53. The van der Waals surface area contributed by atoms with Crippen LogP contribution in [0.2, 0.25) is 5.02 Å². The largest absolute Gasteiger partial charge is 0.508 e. The normalized spacial score (nSPS) is 26.8. The number of ketones is 1. The molecule has 14 nitrogen and oxygen atoms in total. The first-order chi connectivity index (χ1) is 29.4. The third kappa shape index (κ3) is 11.2. The number of fused-ring (bicyclic) bond motifs is 2. The number of imide groups is 1. The average Bonchev–Trinajstić information content (AvgIpc) is 3.50. The summed E-state index contributed by atoms with van der Waals surface area (Å²) in [5.41, 5.74) is 0.0818. The van der Waals surface area contributed by atoms with E-state index >= 15 is 0 Å². The Bertz CT molecular complexity index is 2240.